The molecule has 5 unspecified atom stereocenters. The van der Waals surface area contributed by atoms with Crippen LogP contribution in [0.1, 0.15) is 6.42 Å². The summed E-state index contributed by atoms with van der Waals surface area (Å²) in [7, 11) is 0. The van der Waals surface area contributed by atoms with Crippen LogP contribution in [0.15, 0.2) is 0 Å². The van der Waals surface area contributed by atoms with Crippen molar-refractivity contribution >= 4 is 0 Å². The molecular formula is C15H14F17NO. The molecule has 34 heavy (non-hydrogen) atoms. The first-order valence-corrected chi connectivity index (χ1v) is 8.77. The molecule has 1 rings (SSSR count). The summed E-state index contributed by atoms with van der Waals surface area (Å²) in [6.07, 6.45) is -34.8. The van der Waals surface area contributed by atoms with Crippen molar-refractivity contribution < 1.29 is 79.4 Å². The molecule has 5 atom stereocenters. The fraction of sp³-hybridized carbons (Fsp3) is 1.00. The molecule has 0 aliphatic carbocycles. The minimum Gasteiger partial charge on any atom is -0.371 e. The molecule has 0 radical (unpaired) electrons. The third kappa shape index (κ3) is 7.13. The molecule has 0 aromatic carbocycles. The third-order valence-electron chi connectivity index (χ3n) is 4.84. The highest BCUT2D eigenvalue weighted by Crippen LogP contribution is 2.46. The summed E-state index contributed by atoms with van der Waals surface area (Å²) >= 11 is 0. The zero-order valence-electron chi connectivity index (χ0n) is 16.1. The van der Waals surface area contributed by atoms with Crippen LogP contribution in [-0.4, -0.2) is 80.0 Å². The average molecular weight is 547 g/mol. The van der Waals surface area contributed by atoms with Gasteiger partial charge in [0.2, 0.25) is 0 Å². The molecule has 2 nitrogen and oxygen atoms in total. The van der Waals surface area contributed by atoms with Gasteiger partial charge in [0.1, 0.15) is 6.61 Å². The molecule has 204 valence electrons. The lowest BCUT2D eigenvalue weighted by Crippen LogP contribution is -2.63. The number of alkyl halides is 17. The Kier molecular flexibility index (Phi) is 8.73. The van der Waals surface area contributed by atoms with Gasteiger partial charge in [0.25, 0.3) is 11.8 Å². The van der Waals surface area contributed by atoms with Gasteiger partial charge in [-0.1, -0.05) is 0 Å². The van der Waals surface area contributed by atoms with Crippen LogP contribution in [0.5, 0.6) is 0 Å². The number of nitrogens with zero attached hydrogens (tertiary/aromatic N) is 1. The minimum absolute atomic E-state index is 0.803. The van der Waals surface area contributed by atoms with Gasteiger partial charge in [-0.15, -0.1) is 0 Å². The van der Waals surface area contributed by atoms with E-state index >= 15 is 0 Å². The predicted molar refractivity (Wildman–Crippen MR) is 76.8 cm³/mol. The highest BCUT2D eigenvalue weighted by molar-refractivity contribution is 4.98. The quantitative estimate of drug-likeness (QED) is 0.280. The fourth-order valence-electron chi connectivity index (χ4n) is 3.02. The standard InChI is InChI=1S/C15H14F17NO/c16-8(14(27,28)29)11(19,20)5-34-4-10(18,15(30,31)32)9(17)33-2-6(12(21,22)23)1-7(3-33)13(24,25)26/h6-9H,1-5H2. The van der Waals surface area contributed by atoms with Crippen molar-refractivity contribution in [3.8, 4) is 0 Å². The monoisotopic (exact) mass is 547 g/mol. The van der Waals surface area contributed by atoms with E-state index in [2.05, 4.69) is 4.74 Å². The maximum Gasteiger partial charge on any atom is 0.429 e. The van der Waals surface area contributed by atoms with Crippen LogP contribution in [0.3, 0.4) is 0 Å². The van der Waals surface area contributed by atoms with Gasteiger partial charge in [-0.3, -0.25) is 4.90 Å². The Morgan fingerprint density at radius 2 is 1.09 bits per heavy atom. The molecule has 19 heteroatoms. The molecule has 1 fully saturated rings. The summed E-state index contributed by atoms with van der Waals surface area (Å²) in [5.41, 5.74) is -5.57. The van der Waals surface area contributed by atoms with Gasteiger partial charge in [0.15, 0.2) is 6.30 Å². The summed E-state index contributed by atoms with van der Waals surface area (Å²) in [6.45, 7) is -9.59. The number of halogens is 17. The highest BCUT2D eigenvalue weighted by Gasteiger charge is 2.66. The molecule has 1 heterocycles. The van der Waals surface area contributed by atoms with Crippen LogP contribution in [0.25, 0.3) is 0 Å². The van der Waals surface area contributed by atoms with Crippen LogP contribution in [0, 0.1) is 11.8 Å². The van der Waals surface area contributed by atoms with Crippen molar-refractivity contribution in [3.05, 3.63) is 0 Å². The van der Waals surface area contributed by atoms with E-state index in [0.29, 0.717) is 0 Å². The second-order valence-corrected chi connectivity index (χ2v) is 7.52. The van der Waals surface area contributed by atoms with Crippen molar-refractivity contribution in [1.82, 2.24) is 4.90 Å². The second kappa shape index (κ2) is 9.65. The lowest BCUT2D eigenvalue weighted by Gasteiger charge is -2.44. The lowest BCUT2D eigenvalue weighted by molar-refractivity contribution is -0.303. The van der Waals surface area contributed by atoms with Gasteiger partial charge in [-0.2, -0.15) is 52.7 Å². The van der Waals surface area contributed by atoms with E-state index in [-0.39, 0.29) is 0 Å². The molecule has 1 saturated heterocycles. The molecule has 0 spiro atoms. The van der Waals surface area contributed by atoms with Gasteiger partial charge in [-0.05, 0) is 6.42 Å². The van der Waals surface area contributed by atoms with E-state index in [1.807, 2.05) is 0 Å². The van der Waals surface area contributed by atoms with Crippen molar-refractivity contribution in [2.75, 3.05) is 26.3 Å². The predicted octanol–water partition coefficient (Wildman–Crippen LogP) is 6.17. The Morgan fingerprint density at radius 1 is 0.676 bits per heavy atom. The topological polar surface area (TPSA) is 12.5 Å². The van der Waals surface area contributed by atoms with Crippen LogP contribution in [0.4, 0.5) is 74.6 Å². The van der Waals surface area contributed by atoms with E-state index in [1.54, 1.807) is 0 Å². The van der Waals surface area contributed by atoms with E-state index in [9.17, 15) is 74.6 Å². The maximum absolute atomic E-state index is 14.5. The molecule has 1 aliphatic rings. The van der Waals surface area contributed by atoms with Crippen LogP contribution in [-0.2, 0) is 4.74 Å². The van der Waals surface area contributed by atoms with Gasteiger partial charge >= 0.3 is 30.6 Å². The van der Waals surface area contributed by atoms with Crippen LogP contribution >= 0.6 is 0 Å². The Hall–Kier alpha value is -1.27. The fourth-order valence-corrected chi connectivity index (χ4v) is 3.02. The van der Waals surface area contributed by atoms with Crippen molar-refractivity contribution in [2.24, 2.45) is 11.8 Å². The third-order valence-corrected chi connectivity index (χ3v) is 4.84. The van der Waals surface area contributed by atoms with Crippen molar-refractivity contribution in [3.63, 3.8) is 0 Å². The first kappa shape index (κ1) is 30.8. The maximum atomic E-state index is 14.5. The number of rotatable bonds is 7. The molecule has 0 amide bonds. The van der Waals surface area contributed by atoms with E-state index in [1.165, 1.54) is 0 Å². The Labute approximate surface area is 179 Å². The molecule has 0 saturated carbocycles. The minimum atomic E-state index is -6.51. The lowest BCUT2D eigenvalue weighted by atomic mass is 9.87. The molecule has 1 aliphatic heterocycles. The highest BCUT2D eigenvalue weighted by atomic mass is 19.4. The Balaban J connectivity index is 3.16. The molecule has 0 bridgehead atoms. The number of hydrogen-bond donors (Lipinski definition) is 0. The molecule has 0 aromatic heterocycles. The summed E-state index contributed by atoms with van der Waals surface area (Å²) in [5.74, 6) is -11.7. The molecular weight excluding hydrogens is 533 g/mol. The number of hydrogen-bond acceptors (Lipinski definition) is 2. The second-order valence-electron chi connectivity index (χ2n) is 7.52. The van der Waals surface area contributed by atoms with Gasteiger partial charge < -0.3 is 4.74 Å². The summed E-state index contributed by atoms with van der Waals surface area (Å²) in [4.78, 5) is -0.803. The van der Waals surface area contributed by atoms with Gasteiger partial charge in [-0.25, -0.2) is 22.0 Å². The smallest absolute Gasteiger partial charge is 0.371 e. The van der Waals surface area contributed by atoms with Crippen LogP contribution < -0.4 is 0 Å². The van der Waals surface area contributed by atoms with Gasteiger partial charge in [0, 0.05) is 13.1 Å². The number of ether oxygens (including phenoxy) is 1. The van der Waals surface area contributed by atoms with E-state index < -0.39 is 98.2 Å². The number of piperidine rings is 1. The SMILES string of the molecule is FC(C(F)(F)F)C(F)(F)COCC(F)(C(F)N1CC(C(F)(F)F)CC(C(F)(F)F)C1)C(F)(F)F. The summed E-state index contributed by atoms with van der Waals surface area (Å²) < 4.78 is 224. The van der Waals surface area contributed by atoms with E-state index in [0.717, 1.165) is 0 Å². The van der Waals surface area contributed by atoms with Crippen LogP contribution in [0.2, 0.25) is 0 Å². The normalized spacial score (nSPS) is 25.7. The Morgan fingerprint density at radius 3 is 1.41 bits per heavy atom. The Bertz CT molecular complexity index is 646. The first-order valence-electron chi connectivity index (χ1n) is 8.77. The zero-order valence-corrected chi connectivity index (χ0v) is 16.1. The average Bonchev–Trinajstić information content (AvgIpc) is 2.63. The van der Waals surface area contributed by atoms with Crippen molar-refractivity contribution in [2.45, 2.75) is 55.2 Å². The summed E-state index contributed by atoms with van der Waals surface area (Å²) in [5, 5.41) is 0. The van der Waals surface area contributed by atoms with E-state index in [4.69, 9.17) is 0 Å². The summed E-state index contributed by atoms with van der Waals surface area (Å²) in [6, 6.07) is 0. The van der Waals surface area contributed by atoms with Gasteiger partial charge in [0.05, 0.1) is 18.4 Å². The number of likely N-dealkylation sites (tertiary alicyclic amines) is 1. The largest absolute Gasteiger partial charge is 0.429 e. The zero-order chi connectivity index (χ0) is 27.1. The van der Waals surface area contributed by atoms with Crippen molar-refractivity contribution in [1.29, 1.82) is 0 Å². The first-order chi connectivity index (χ1) is 14.8. The molecule has 0 N–H and O–H groups in total. The molecule has 0 aromatic rings.